The first-order valence-electron chi connectivity index (χ1n) is 12.6. The fraction of sp³-hybridized carbons (Fsp3) is 0.920. The van der Waals surface area contributed by atoms with Gasteiger partial charge in [0.05, 0.1) is 0 Å². The standard InChI is InChI=1S/C25H38N2O2/c28-22(24-10-16-4-17(11-24)6-18(5-16)12-24)26-2-1-3-27-23(29)25-13-19-7-20(14-25)9-21(8-19)15-25/h16-21H,1-15H2,(H,26,28)(H,27,29). The van der Waals surface area contributed by atoms with E-state index in [-0.39, 0.29) is 10.8 Å². The number of hydrogen-bond acceptors (Lipinski definition) is 2. The zero-order chi connectivity index (χ0) is 19.6. The van der Waals surface area contributed by atoms with Gasteiger partial charge in [-0.2, -0.15) is 0 Å². The molecule has 0 aromatic heterocycles. The summed E-state index contributed by atoms with van der Waals surface area (Å²) in [5.74, 6) is 5.52. The predicted molar refractivity (Wildman–Crippen MR) is 112 cm³/mol. The molecule has 8 aliphatic rings. The number of rotatable bonds is 6. The molecule has 0 spiro atoms. The summed E-state index contributed by atoms with van der Waals surface area (Å²) in [6, 6.07) is 0. The van der Waals surface area contributed by atoms with Crippen molar-refractivity contribution in [2.24, 2.45) is 46.3 Å². The summed E-state index contributed by atoms with van der Waals surface area (Å²) in [6.45, 7) is 1.42. The summed E-state index contributed by atoms with van der Waals surface area (Å²) in [5, 5.41) is 6.52. The lowest BCUT2D eigenvalue weighted by Gasteiger charge is -2.55. The smallest absolute Gasteiger partial charge is 0.226 e. The van der Waals surface area contributed by atoms with Gasteiger partial charge in [-0.1, -0.05) is 0 Å². The van der Waals surface area contributed by atoms with Crippen molar-refractivity contribution in [3.05, 3.63) is 0 Å². The second-order valence-corrected chi connectivity index (χ2v) is 12.3. The topological polar surface area (TPSA) is 58.2 Å². The van der Waals surface area contributed by atoms with Crippen LogP contribution in [0.2, 0.25) is 0 Å². The van der Waals surface area contributed by atoms with Gasteiger partial charge in [-0.25, -0.2) is 0 Å². The van der Waals surface area contributed by atoms with Crippen molar-refractivity contribution in [3.8, 4) is 0 Å². The fourth-order valence-electron chi connectivity index (χ4n) is 9.64. The maximum atomic E-state index is 13.0. The van der Waals surface area contributed by atoms with Crippen molar-refractivity contribution >= 4 is 11.8 Å². The maximum absolute atomic E-state index is 13.0. The van der Waals surface area contributed by atoms with Crippen LogP contribution in [0.25, 0.3) is 0 Å². The molecule has 0 aromatic rings. The minimum absolute atomic E-state index is 0.0444. The molecule has 0 aliphatic heterocycles. The van der Waals surface area contributed by atoms with Crippen LogP contribution in [0.15, 0.2) is 0 Å². The van der Waals surface area contributed by atoms with E-state index in [2.05, 4.69) is 10.6 Å². The Bertz CT molecular complexity index is 570. The van der Waals surface area contributed by atoms with Crippen LogP contribution < -0.4 is 10.6 Å². The van der Waals surface area contributed by atoms with Crippen molar-refractivity contribution in [2.45, 2.75) is 83.5 Å². The first-order valence-corrected chi connectivity index (χ1v) is 12.6. The molecule has 0 unspecified atom stereocenters. The Morgan fingerprint density at radius 3 is 1.10 bits per heavy atom. The van der Waals surface area contributed by atoms with Crippen molar-refractivity contribution in [1.29, 1.82) is 0 Å². The predicted octanol–water partition coefficient (Wildman–Crippen LogP) is 4.04. The van der Waals surface area contributed by atoms with Crippen molar-refractivity contribution < 1.29 is 9.59 Å². The van der Waals surface area contributed by atoms with Crippen LogP contribution in [0.4, 0.5) is 0 Å². The van der Waals surface area contributed by atoms with E-state index in [1.54, 1.807) is 0 Å². The number of carbonyl (C=O) groups excluding carboxylic acids is 2. The van der Waals surface area contributed by atoms with Gasteiger partial charge >= 0.3 is 0 Å². The highest BCUT2D eigenvalue weighted by molar-refractivity contribution is 5.84. The Morgan fingerprint density at radius 2 is 0.828 bits per heavy atom. The summed E-state index contributed by atoms with van der Waals surface area (Å²) in [7, 11) is 0. The molecule has 0 radical (unpaired) electrons. The van der Waals surface area contributed by atoms with Crippen molar-refractivity contribution in [2.75, 3.05) is 13.1 Å². The van der Waals surface area contributed by atoms with Crippen molar-refractivity contribution in [3.63, 3.8) is 0 Å². The highest BCUT2D eigenvalue weighted by Gasteiger charge is 2.55. The molecule has 2 N–H and O–H groups in total. The van der Waals surface area contributed by atoms with Gasteiger partial charge in [-0.15, -0.1) is 0 Å². The first kappa shape index (κ1) is 18.7. The summed E-state index contributed by atoms with van der Waals surface area (Å²) >= 11 is 0. The highest BCUT2D eigenvalue weighted by Crippen LogP contribution is 2.61. The Hall–Kier alpha value is -1.06. The van der Waals surface area contributed by atoms with Crippen LogP contribution in [0.3, 0.4) is 0 Å². The van der Waals surface area contributed by atoms with Crippen LogP contribution >= 0.6 is 0 Å². The summed E-state index contributed by atoms with van der Waals surface area (Å²) in [4.78, 5) is 26.0. The van der Waals surface area contributed by atoms with Gasteiger partial charge in [0.15, 0.2) is 0 Å². The molecule has 2 amide bonds. The van der Waals surface area contributed by atoms with Gasteiger partial charge in [0.1, 0.15) is 0 Å². The van der Waals surface area contributed by atoms with Crippen LogP contribution in [0.5, 0.6) is 0 Å². The molecular formula is C25H38N2O2. The third kappa shape index (κ3) is 3.15. The van der Waals surface area contributed by atoms with Crippen LogP contribution in [0.1, 0.15) is 83.5 Å². The molecule has 8 bridgehead atoms. The molecule has 160 valence electrons. The van der Waals surface area contributed by atoms with E-state index in [1.807, 2.05) is 0 Å². The Labute approximate surface area is 175 Å². The van der Waals surface area contributed by atoms with E-state index in [1.165, 1.54) is 38.5 Å². The summed E-state index contributed by atoms with van der Waals surface area (Å²) in [6.07, 6.45) is 15.9. The van der Waals surface area contributed by atoms with Gasteiger partial charge < -0.3 is 10.6 Å². The molecule has 8 aliphatic carbocycles. The van der Waals surface area contributed by atoms with Crippen molar-refractivity contribution in [1.82, 2.24) is 10.6 Å². The van der Waals surface area contributed by atoms with E-state index in [9.17, 15) is 9.59 Å². The molecule has 0 saturated heterocycles. The molecule has 0 aromatic carbocycles. The van der Waals surface area contributed by atoms with Gasteiger partial charge in [-0.05, 0) is 119 Å². The highest BCUT2D eigenvalue weighted by atomic mass is 16.2. The van der Waals surface area contributed by atoms with E-state index >= 15 is 0 Å². The largest absolute Gasteiger partial charge is 0.356 e. The zero-order valence-corrected chi connectivity index (χ0v) is 17.9. The number of carbonyl (C=O) groups is 2. The van der Waals surface area contributed by atoms with Crippen LogP contribution in [-0.2, 0) is 9.59 Å². The van der Waals surface area contributed by atoms with Gasteiger partial charge in [0.2, 0.25) is 11.8 Å². The second kappa shape index (κ2) is 6.72. The number of hydrogen-bond donors (Lipinski definition) is 2. The van der Waals surface area contributed by atoms with Crippen LogP contribution in [0, 0.1) is 46.3 Å². The van der Waals surface area contributed by atoms with E-state index in [0.29, 0.717) is 24.9 Å². The molecule has 8 rings (SSSR count). The van der Waals surface area contributed by atoms with Crippen LogP contribution in [-0.4, -0.2) is 24.9 Å². The quantitative estimate of drug-likeness (QED) is 0.664. The molecule has 0 atom stereocenters. The summed E-state index contributed by atoms with van der Waals surface area (Å²) < 4.78 is 0. The van der Waals surface area contributed by atoms with Gasteiger partial charge in [0.25, 0.3) is 0 Å². The lowest BCUT2D eigenvalue weighted by molar-refractivity contribution is -0.146. The lowest BCUT2D eigenvalue weighted by Crippen LogP contribution is -2.54. The summed E-state index contributed by atoms with van der Waals surface area (Å²) in [5.41, 5.74) is -0.0889. The SMILES string of the molecule is O=C(NCCCNC(=O)C12CC3CC(CC(C3)C1)C2)C12CC3CC(CC(C3)C1)C2. The van der Waals surface area contributed by atoms with E-state index < -0.39 is 0 Å². The van der Waals surface area contributed by atoms with E-state index in [4.69, 9.17) is 0 Å². The zero-order valence-electron chi connectivity index (χ0n) is 17.9. The molecular weight excluding hydrogens is 360 g/mol. The van der Waals surface area contributed by atoms with Gasteiger partial charge in [0, 0.05) is 23.9 Å². The fourth-order valence-corrected chi connectivity index (χ4v) is 9.64. The Balaban J connectivity index is 0.969. The molecule has 8 fully saturated rings. The third-order valence-electron chi connectivity index (χ3n) is 9.96. The minimum Gasteiger partial charge on any atom is -0.356 e. The molecule has 4 heteroatoms. The average molecular weight is 399 g/mol. The lowest BCUT2D eigenvalue weighted by atomic mass is 9.49. The Kier molecular flexibility index (Phi) is 4.33. The molecule has 29 heavy (non-hydrogen) atoms. The molecule has 0 heterocycles. The number of nitrogens with one attached hydrogen (secondary N) is 2. The normalized spacial score (nSPS) is 48.7. The first-order chi connectivity index (χ1) is 14.0. The average Bonchev–Trinajstić information content (AvgIpc) is 2.65. The third-order valence-corrected chi connectivity index (χ3v) is 9.96. The van der Waals surface area contributed by atoms with E-state index in [0.717, 1.165) is 80.5 Å². The minimum atomic E-state index is -0.0444. The molecule has 4 nitrogen and oxygen atoms in total. The number of amides is 2. The monoisotopic (exact) mass is 398 g/mol. The Morgan fingerprint density at radius 1 is 0.552 bits per heavy atom. The molecule has 8 saturated carbocycles. The maximum Gasteiger partial charge on any atom is 0.226 e. The second-order valence-electron chi connectivity index (χ2n) is 12.3. The van der Waals surface area contributed by atoms with Gasteiger partial charge in [-0.3, -0.25) is 9.59 Å².